The second-order valence-corrected chi connectivity index (χ2v) is 6.21. The van der Waals surface area contributed by atoms with Gasteiger partial charge in [0.1, 0.15) is 5.69 Å². The fraction of sp³-hybridized carbons (Fsp3) is 0.600. The zero-order valence-corrected chi connectivity index (χ0v) is 14.0. The van der Waals surface area contributed by atoms with Gasteiger partial charge in [-0.05, 0) is 34.3 Å². The van der Waals surface area contributed by atoms with E-state index in [-0.39, 0.29) is 5.91 Å². The van der Waals surface area contributed by atoms with Gasteiger partial charge >= 0.3 is 0 Å². The van der Waals surface area contributed by atoms with Crippen LogP contribution >= 0.6 is 15.9 Å². The van der Waals surface area contributed by atoms with Crippen LogP contribution in [0, 0.1) is 17.2 Å². The third-order valence-corrected chi connectivity index (χ3v) is 3.35. The predicted molar refractivity (Wildman–Crippen MR) is 83.4 cm³/mol. The molecule has 0 unspecified atom stereocenters. The Morgan fingerprint density at radius 3 is 2.80 bits per heavy atom. The summed E-state index contributed by atoms with van der Waals surface area (Å²) >= 11 is 3.43. The molecule has 5 heteroatoms. The molecule has 1 heterocycles. The lowest BCUT2D eigenvalue weighted by atomic mass is 10.2. The largest absolute Gasteiger partial charge is 0.342 e. The van der Waals surface area contributed by atoms with Crippen LogP contribution in [0.5, 0.6) is 0 Å². The molecule has 0 N–H and O–H groups in total. The quantitative estimate of drug-likeness (QED) is 0.760. The minimum absolute atomic E-state index is 0.00750. The van der Waals surface area contributed by atoms with Crippen LogP contribution in [-0.4, -0.2) is 28.5 Å². The van der Waals surface area contributed by atoms with Gasteiger partial charge in [-0.1, -0.05) is 20.8 Å². The van der Waals surface area contributed by atoms with Crippen molar-refractivity contribution in [3.05, 3.63) is 22.4 Å². The molecule has 0 saturated heterocycles. The average Bonchev–Trinajstić information content (AvgIpc) is 2.74. The van der Waals surface area contributed by atoms with Crippen molar-refractivity contribution in [2.24, 2.45) is 5.92 Å². The zero-order valence-electron chi connectivity index (χ0n) is 12.4. The number of hydrogen-bond acceptors (Lipinski definition) is 2. The number of aromatic nitrogens is 1. The van der Waals surface area contributed by atoms with Crippen molar-refractivity contribution < 1.29 is 4.79 Å². The smallest absolute Gasteiger partial charge is 0.270 e. The zero-order chi connectivity index (χ0) is 15.1. The van der Waals surface area contributed by atoms with E-state index in [1.807, 2.05) is 16.8 Å². The molecule has 0 atom stereocenters. The van der Waals surface area contributed by atoms with Gasteiger partial charge in [-0.3, -0.25) is 4.79 Å². The van der Waals surface area contributed by atoms with Crippen LogP contribution in [0.2, 0.25) is 0 Å². The van der Waals surface area contributed by atoms with Crippen LogP contribution in [0.4, 0.5) is 0 Å². The van der Waals surface area contributed by atoms with Gasteiger partial charge in [0, 0.05) is 30.3 Å². The summed E-state index contributed by atoms with van der Waals surface area (Å²) in [4.78, 5) is 14.4. The Bertz CT molecular complexity index is 488. The van der Waals surface area contributed by atoms with Crippen LogP contribution < -0.4 is 0 Å². The highest BCUT2D eigenvalue weighted by Gasteiger charge is 2.20. The molecule has 0 aliphatic rings. The number of aryl methyl sites for hydroxylation is 1. The van der Waals surface area contributed by atoms with Gasteiger partial charge in [0.2, 0.25) is 0 Å². The summed E-state index contributed by atoms with van der Waals surface area (Å²) in [5.74, 6) is 0.392. The maximum absolute atomic E-state index is 12.7. The highest BCUT2D eigenvalue weighted by Crippen LogP contribution is 2.18. The molecule has 1 aromatic heterocycles. The van der Waals surface area contributed by atoms with Crippen LogP contribution in [-0.2, 0) is 6.54 Å². The number of hydrogen-bond donors (Lipinski definition) is 0. The summed E-state index contributed by atoms with van der Waals surface area (Å²) in [5, 5.41) is 8.74. The molecule has 0 fully saturated rings. The molecule has 0 aliphatic heterocycles. The van der Waals surface area contributed by atoms with E-state index in [0.717, 1.165) is 17.4 Å². The Morgan fingerprint density at radius 2 is 2.25 bits per heavy atom. The van der Waals surface area contributed by atoms with Crippen molar-refractivity contribution in [3.8, 4) is 6.07 Å². The fourth-order valence-corrected chi connectivity index (χ4v) is 2.61. The van der Waals surface area contributed by atoms with Crippen molar-refractivity contribution in [2.45, 2.75) is 40.2 Å². The van der Waals surface area contributed by atoms with Crippen molar-refractivity contribution in [2.75, 3.05) is 13.1 Å². The van der Waals surface area contributed by atoms with Crippen molar-refractivity contribution >= 4 is 21.8 Å². The minimum atomic E-state index is 0.00750. The second-order valence-electron chi connectivity index (χ2n) is 5.29. The molecule has 0 saturated carbocycles. The van der Waals surface area contributed by atoms with E-state index < -0.39 is 0 Å². The maximum atomic E-state index is 12.7. The van der Waals surface area contributed by atoms with Gasteiger partial charge in [-0.15, -0.1) is 0 Å². The molecule has 110 valence electrons. The first-order valence-electron chi connectivity index (χ1n) is 7.01. The molecule has 0 radical (unpaired) electrons. The Labute approximate surface area is 129 Å². The molecular weight excluding hydrogens is 318 g/mol. The monoisotopic (exact) mass is 339 g/mol. The maximum Gasteiger partial charge on any atom is 0.270 e. The number of rotatable bonds is 7. The number of carbonyl (C=O) groups excluding carboxylic acids is 1. The first-order valence-corrected chi connectivity index (χ1v) is 7.80. The SMILES string of the molecule is CCCn1cc(Br)cc1C(=O)N(CCC#N)CC(C)C. The van der Waals surface area contributed by atoms with Crippen LogP contribution in [0.15, 0.2) is 16.7 Å². The average molecular weight is 340 g/mol. The normalized spacial score (nSPS) is 10.6. The lowest BCUT2D eigenvalue weighted by Gasteiger charge is -2.24. The highest BCUT2D eigenvalue weighted by atomic mass is 79.9. The van der Waals surface area contributed by atoms with Crippen molar-refractivity contribution in [1.82, 2.24) is 9.47 Å². The summed E-state index contributed by atoms with van der Waals surface area (Å²) in [6, 6.07) is 3.97. The van der Waals surface area contributed by atoms with E-state index in [0.29, 0.717) is 31.1 Å². The van der Waals surface area contributed by atoms with Gasteiger partial charge in [-0.25, -0.2) is 0 Å². The van der Waals surface area contributed by atoms with E-state index in [2.05, 4.69) is 42.8 Å². The summed E-state index contributed by atoms with van der Waals surface area (Å²) in [5.41, 5.74) is 0.692. The van der Waals surface area contributed by atoms with Crippen LogP contribution in [0.1, 0.15) is 44.1 Å². The summed E-state index contributed by atoms with van der Waals surface area (Å²) in [7, 11) is 0. The van der Waals surface area contributed by atoms with Gasteiger partial charge in [0.15, 0.2) is 0 Å². The van der Waals surface area contributed by atoms with Gasteiger partial charge in [-0.2, -0.15) is 5.26 Å². The number of carbonyl (C=O) groups is 1. The van der Waals surface area contributed by atoms with Gasteiger partial charge in [0.05, 0.1) is 12.5 Å². The second kappa shape index (κ2) is 8.11. The van der Waals surface area contributed by atoms with Gasteiger partial charge < -0.3 is 9.47 Å². The van der Waals surface area contributed by atoms with E-state index in [9.17, 15) is 4.79 Å². The Morgan fingerprint density at radius 1 is 1.55 bits per heavy atom. The molecule has 1 rings (SSSR count). The molecule has 0 bridgehead atoms. The van der Waals surface area contributed by atoms with E-state index in [1.54, 1.807) is 4.90 Å². The molecule has 4 nitrogen and oxygen atoms in total. The third kappa shape index (κ3) is 4.68. The molecule has 1 aromatic rings. The molecule has 1 amide bonds. The summed E-state index contributed by atoms with van der Waals surface area (Å²) in [6.45, 7) is 8.23. The summed E-state index contributed by atoms with van der Waals surface area (Å²) < 4.78 is 2.89. The fourth-order valence-electron chi connectivity index (χ4n) is 2.14. The molecule has 0 spiro atoms. The lowest BCUT2D eigenvalue weighted by Crippen LogP contribution is -2.36. The predicted octanol–water partition coefficient (Wildman–Crippen LogP) is 3.67. The number of amides is 1. The van der Waals surface area contributed by atoms with Crippen LogP contribution in [0.3, 0.4) is 0 Å². The number of halogens is 1. The topological polar surface area (TPSA) is 49.0 Å². The lowest BCUT2D eigenvalue weighted by molar-refractivity contribution is 0.0729. The molecule has 20 heavy (non-hydrogen) atoms. The van der Waals surface area contributed by atoms with E-state index in [1.165, 1.54) is 0 Å². The molecule has 0 aliphatic carbocycles. The molecule has 0 aromatic carbocycles. The highest BCUT2D eigenvalue weighted by molar-refractivity contribution is 9.10. The Balaban J connectivity index is 2.95. The first kappa shape index (κ1) is 16.8. The molecular formula is C15H22BrN3O. The first-order chi connectivity index (χ1) is 9.49. The Kier molecular flexibility index (Phi) is 6.80. The standard InChI is InChI=1S/C15H22BrN3O/c1-4-7-18-11-13(16)9-14(18)15(20)19(8-5-6-17)10-12(2)3/h9,11-12H,4-5,7-8,10H2,1-3H3. The number of nitrogens with zero attached hydrogens (tertiary/aromatic N) is 3. The Hall–Kier alpha value is -1.28. The summed E-state index contributed by atoms with van der Waals surface area (Å²) in [6.07, 6.45) is 3.28. The van der Waals surface area contributed by atoms with Gasteiger partial charge in [0.25, 0.3) is 5.91 Å². The number of nitriles is 1. The van der Waals surface area contributed by atoms with Crippen molar-refractivity contribution in [1.29, 1.82) is 5.26 Å². The third-order valence-electron chi connectivity index (χ3n) is 2.91. The minimum Gasteiger partial charge on any atom is -0.342 e. The van der Waals surface area contributed by atoms with E-state index >= 15 is 0 Å². The van der Waals surface area contributed by atoms with E-state index in [4.69, 9.17) is 5.26 Å². The van der Waals surface area contributed by atoms with Crippen LogP contribution in [0.25, 0.3) is 0 Å². The van der Waals surface area contributed by atoms with Crippen molar-refractivity contribution in [3.63, 3.8) is 0 Å².